The van der Waals surface area contributed by atoms with Gasteiger partial charge in [-0.05, 0) is 0 Å². The summed E-state index contributed by atoms with van der Waals surface area (Å²) in [6, 6.07) is 3.72. The van der Waals surface area contributed by atoms with E-state index < -0.39 is 44.3 Å². The van der Waals surface area contributed by atoms with Crippen LogP contribution in [0.25, 0.3) is 0 Å². The Bertz CT molecular complexity index is 511. The van der Waals surface area contributed by atoms with Crippen LogP contribution in [0.1, 0.15) is 51.9 Å². The average molecular weight is 346 g/mol. The predicted molar refractivity (Wildman–Crippen MR) is 73.8 cm³/mol. The Morgan fingerprint density at radius 2 is 1.50 bits per heavy atom. The molecule has 0 saturated heterocycles. The maximum atomic E-state index is 11.3. The first-order chi connectivity index (χ1) is 8.89. The monoisotopic (exact) mass is 346 g/mol. The molecule has 0 aromatic heterocycles. The number of aromatic carboxylic acids is 1. The molecule has 0 aliphatic rings. The van der Waals surface area contributed by atoms with E-state index in [0.717, 1.165) is 7.74 Å². The van der Waals surface area contributed by atoms with Crippen molar-refractivity contribution in [3.63, 3.8) is 0 Å². The normalized spacial score (nSPS) is 12.1. The first-order valence-corrected chi connectivity index (χ1v) is 9.68. The second-order valence-electron chi connectivity index (χ2n) is 6.98. The molecule has 3 nitrogen and oxygen atoms in total. The van der Waals surface area contributed by atoms with Gasteiger partial charge in [-0.25, -0.2) is 0 Å². The molecule has 0 aliphatic carbocycles. The van der Waals surface area contributed by atoms with Gasteiger partial charge in [0.15, 0.2) is 0 Å². The summed E-state index contributed by atoms with van der Waals surface area (Å²) >= 11 is -1.02. The molecule has 0 bridgehead atoms. The molecule has 2 N–H and O–H groups in total. The number of carboxylic acid groups (broad SMARTS) is 1. The standard InChI is InChI=1S/C7H4O3.2C4H9.2Ti/c8-6-4-2-1-3-5(6)7(9)10;2*1-4(2)3;;/h2-3,8H,(H,9,10);2*1-3H3;;. The van der Waals surface area contributed by atoms with E-state index in [9.17, 15) is 15.0 Å². The molecule has 0 heterocycles. The van der Waals surface area contributed by atoms with Crippen LogP contribution in [-0.4, -0.2) is 16.2 Å². The van der Waals surface area contributed by atoms with Crippen LogP contribution >= 0.6 is 0 Å². The van der Waals surface area contributed by atoms with Crippen LogP contribution in [0.4, 0.5) is 0 Å². The third-order valence-corrected chi connectivity index (χ3v) is 6.63. The molecule has 0 saturated carbocycles. The molecule has 0 radical (unpaired) electrons. The molecule has 1 rings (SSSR count). The van der Waals surface area contributed by atoms with Crippen molar-refractivity contribution < 1.29 is 53.3 Å². The van der Waals surface area contributed by atoms with Crippen LogP contribution < -0.4 is 7.74 Å². The number of carboxylic acids is 1. The molecule has 5 heteroatoms. The van der Waals surface area contributed by atoms with E-state index in [0.29, 0.717) is 0 Å². The Kier molecular flexibility index (Phi) is 5.71. The van der Waals surface area contributed by atoms with Crippen molar-refractivity contribution in [3.8, 4) is 5.75 Å². The molecule has 20 heavy (non-hydrogen) atoms. The Labute approximate surface area is 139 Å². The molecule has 0 aliphatic heterocycles. The van der Waals surface area contributed by atoms with Crippen molar-refractivity contribution in [2.45, 2.75) is 49.0 Å². The first kappa shape index (κ1) is 18.0. The van der Waals surface area contributed by atoms with Gasteiger partial charge >= 0.3 is 139 Å². The van der Waals surface area contributed by atoms with Crippen molar-refractivity contribution in [2.75, 3.05) is 0 Å². The number of rotatable bonds is 3. The molecule has 0 amide bonds. The van der Waals surface area contributed by atoms with E-state index in [-0.39, 0.29) is 18.8 Å². The van der Waals surface area contributed by atoms with Gasteiger partial charge in [0.2, 0.25) is 0 Å². The fourth-order valence-electron chi connectivity index (χ4n) is 1.80. The third kappa shape index (κ3) is 5.73. The molecule has 0 fully saturated rings. The quantitative estimate of drug-likeness (QED) is 0.828. The maximum absolute atomic E-state index is 11.3. The number of aromatic hydroxyl groups is 1. The summed E-state index contributed by atoms with van der Waals surface area (Å²) in [4.78, 5) is 11.3. The zero-order valence-corrected chi connectivity index (χ0v) is 16.1. The van der Waals surface area contributed by atoms with Gasteiger partial charge in [-0.15, -0.1) is 0 Å². The van der Waals surface area contributed by atoms with E-state index in [2.05, 4.69) is 47.6 Å². The SMILES string of the molecule is C[C](C)(C)[Ti][c]1c[c]([Ti][C](C)(C)C)c(O)c(C(=O)O)c1. The van der Waals surface area contributed by atoms with Gasteiger partial charge in [-0.2, -0.15) is 0 Å². The van der Waals surface area contributed by atoms with Gasteiger partial charge in [0.05, 0.1) is 0 Å². The number of carbonyl (C=O) groups is 1. The number of phenols is 1. The Morgan fingerprint density at radius 3 is 1.90 bits per heavy atom. The topological polar surface area (TPSA) is 57.5 Å². The van der Waals surface area contributed by atoms with Crippen LogP contribution in [0.5, 0.6) is 5.75 Å². The fourth-order valence-corrected chi connectivity index (χ4v) is 6.19. The molecule has 0 atom stereocenters. The summed E-state index contributed by atoms with van der Waals surface area (Å²) in [6.45, 7) is 13.0. The van der Waals surface area contributed by atoms with E-state index in [1.807, 2.05) is 0 Å². The molecular weight excluding hydrogens is 324 g/mol. The molecule has 1 aromatic carbocycles. The minimum absolute atomic E-state index is 0.0170. The summed E-state index contributed by atoms with van der Waals surface area (Å²) < 4.78 is 2.34. The van der Waals surface area contributed by atoms with Gasteiger partial charge in [-0.1, -0.05) is 0 Å². The van der Waals surface area contributed by atoms with Gasteiger partial charge < -0.3 is 0 Å². The van der Waals surface area contributed by atoms with Gasteiger partial charge in [0.25, 0.3) is 0 Å². The first-order valence-electron chi connectivity index (χ1n) is 6.56. The van der Waals surface area contributed by atoms with Crippen LogP contribution in [0.15, 0.2) is 12.1 Å². The third-order valence-electron chi connectivity index (χ3n) is 2.37. The van der Waals surface area contributed by atoms with Crippen molar-refractivity contribution in [3.05, 3.63) is 17.7 Å². The Hall–Kier alpha value is -0.0814. The molecule has 0 unspecified atom stereocenters. The average Bonchev–Trinajstić information content (AvgIpc) is 2.17. The zero-order valence-electron chi connectivity index (χ0n) is 13.0. The Balaban J connectivity index is 3.32. The van der Waals surface area contributed by atoms with Gasteiger partial charge in [0, 0.05) is 0 Å². The predicted octanol–water partition coefficient (Wildman–Crippen LogP) is 2.94. The molecular formula is C15H22O3Ti2. The van der Waals surface area contributed by atoms with Crippen molar-refractivity contribution in [1.82, 2.24) is 0 Å². The number of hydrogen-bond donors (Lipinski definition) is 2. The molecule has 0 spiro atoms. The second kappa shape index (κ2) is 6.35. The van der Waals surface area contributed by atoms with Crippen molar-refractivity contribution in [2.24, 2.45) is 0 Å². The summed E-state index contributed by atoms with van der Waals surface area (Å²) in [5.41, 5.74) is 0.0681. The van der Waals surface area contributed by atoms with E-state index in [1.54, 1.807) is 6.07 Å². The van der Waals surface area contributed by atoms with Crippen molar-refractivity contribution >= 4 is 13.7 Å². The van der Waals surface area contributed by atoms with Gasteiger partial charge in [0.1, 0.15) is 0 Å². The Morgan fingerprint density at radius 1 is 1.00 bits per heavy atom. The fraction of sp³-hybridized carbons (Fsp3) is 0.533. The number of hydrogen-bond acceptors (Lipinski definition) is 2. The van der Waals surface area contributed by atoms with Crippen molar-refractivity contribution in [1.29, 1.82) is 0 Å². The van der Waals surface area contributed by atoms with E-state index >= 15 is 0 Å². The second-order valence-corrected chi connectivity index (χ2v) is 14.2. The van der Waals surface area contributed by atoms with E-state index in [4.69, 9.17) is 0 Å². The van der Waals surface area contributed by atoms with Crippen LogP contribution in [0.2, 0.25) is 7.44 Å². The van der Waals surface area contributed by atoms with Crippen LogP contribution in [0, 0.1) is 0 Å². The minimum atomic E-state index is -1.04. The molecule has 1 aromatic rings. The van der Waals surface area contributed by atoms with Crippen LogP contribution in [0.3, 0.4) is 0 Å². The summed E-state index contributed by atoms with van der Waals surface area (Å²) in [5, 5.41) is 19.5. The van der Waals surface area contributed by atoms with Crippen LogP contribution in [-0.2, 0) is 38.3 Å². The zero-order chi connectivity index (χ0) is 15.7. The molecule has 108 valence electrons. The summed E-state index contributed by atoms with van der Waals surface area (Å²) in [6.07, 6.45) is 0. The van der Waals surface area contributed by atoms with E-state index in [1.165, 1.54) is 0 Å². The van der Waals surface area contributed by atoms with Gasteiger partial charge in [-0.3, -0.25) is 0 Å². The number of benzene rings is 1. The summed E-state index contributed by atoms with van der Waals surface area (Å²) in [7, 11) is 0. The summed E-state index contributed by atoms with van der Waals surface area (Å²) in [5.74, 6) is -1.05.